The minimum Gasteiger partial charge on any atom is -0.321 e. The molecule has 1 aromatic carbocycles. The Hall–Kier alpha value is -4.05. The summed E-state index contributed by atoms with van der Waals surface area (Å²) in [6.07, 6.45) is 3.42. The van der Waals surface area contributed by atoms with Crippen LogP contribution < -0.4 is 5.32 Å². The highest BCUT2D eigenvalue weighted by Gasteiger charge is 2.14. The van der Waals surface area contributed by atoms with Gasteiger partial charge in [-0.15, -0.1) is 15.3 Å². The molecule has 0 radical (unpaired) electrons. The number of aryl methyl sites for hydroxylation is 1. The van der Waals surface area contributed by atoms with Crippen molar-refractivity contribution < 1.29 is 4.79 Å². The Balaban J connectivity index is 1.49. The van der Waals surface area contributed by atoms with E-state index in [0.717, 1.165) is 28.4 Å². The molecule has 0 bridgehead atoms. The van der Waals surface area contributed by atoms with Crippen LogP contribution in [0.3, 0.4) is 0 Å². The first-order valence-corrected chi connectivity index (χ1v) is 9.80. The molecular formula is C20H14N8OS. The molecule has 9 nitrogen and oxygen atoms in total. The summed E-state index contributed by atoms with van der Waals surface area (Å²) in [4.78, 5) is 17.1. The third-order valence-electron chi connectivity index (χ3n) is 4.46. The van der Waals surface area contributed by atoms with Crippen molar-refractivity contribution in [3.8, 4) is 22.6 Å². The minimum absolute atomic E-state index is 0.235. The molecular weight excluding hydrogens is 400 g/mol. The molecule has 146 valence electrons. The van der Waals surface area contributed by atoms with Crippen molar-refractivity contribution in [3.63, 3.8) is 0 Å². The summed E-state index contributed by atoms with van der Waals surface area (Å²) in [5.41, 5.74) is 4.29. The number of nitrogens with zero attached hydrogens (tertiary/aromatic N) is 7. The topological polar surface area (TPSA) is 111 Å². The van der Waals surface area contributed by atoms with Crippen molar-refractivity contribution in [2.45, 2.75) is 6.92 Å². The van der Waals surface area contributed by atoms with Gasteiger partial charge in [-0.1, -0.05) is 16.6 Å². The monoisotopic (exact) mass is 414 g/mol. The molecule has 0 fully saturated rings. The molecule has 5 aromatic rings. The SMILES string of the molecule is Cc1nnsc1C(=O)Nc1cccc(-c2ccc3nnc(-c4cccnc4)n3n2)c1. The van der Waals surface area contributed by atoms with Crippen LogP contribution in [0, 0.1) is 6.92 Å². The third-order valence-corrected chi connectivity index (χ3v) is 5.28. The lowest BCUT2D eigenvalue weighted by molar-refractivity contribution is 0.103. The Morgan fingerprint density at radius 1 is 1.03 bits per heavy atom. The zero-order valence-electron chi connectivity index (χ0n) is 15.7. The van der Waals surface area contributed by atoms with Gasteiger partial charge in [0.1, 0.15) is 4.88 Å². The molecule has 30 heavy (non-hydrogen) atoms. The van der Waals surface area contributed by atoms with E-state index in [1.807, 2.05) is 48.5 Å². The normalized spacial score (nSPS) is 11.0. The molecule has 0 aliphatic carbocycles. The van der Waals surface area contributed by atoms with Crippen LogP contribution in [0.5, 0.6) is 0 Å². The number of fused-ring (bicyclic) bond motifs is 1. The lowest BCUT2D eigenvalue weighted by Crippen LogP contribution is -2.11. The maximum atomic E-state index is 12.5. The summed E-state index contributed by atoms with van der Waals surface area (Å²) in [7, 11) is 0. The quantitative estimate of drug-likeness (QED) is 0.480. The first kappa shape index (κ1) is 18.0. The number of benzene rings is 1. The van der Waals surface area contributed by atoms with Crippen LogP contribution in [0.15, 0.2) is 60.9 Å². The maximum absolute atomic E-state index is 12.5. The van der Waals surface area contributed by atoms with Crippen LogP contribution in [0.2, 0.25) is 0 Å². The van der Waals surface area contributed by atoms with Crippen molar-refractivity contribution in [1.29, 1.82) is 0 Å². The summed E-state index contributed by atoms with van der Waals surface area (Å²) in [5.74, 6) is 0.373. The highest BCUT2D eigenvalue weighted by Crippen LogP contribution is 2.24. The van der Waals surface area contributed by atoms with E-state index in [1.165, 1.54) is 0 Å². The Morgan fingerprint density at radius 2 is 1.93 bits per heavy atom. The van der Waals surface area contributed by atoms with E-state index in [0.29, 0.717) is 27.7 Å². The van der Waals surface area contributed by atoms with Gasteiger partial charge in [0.2, 0.25) is 0 Å². The number of rotatable bonds is 4. The Kier molecular flexibility index (Phi) is 4.45. The zero-order chi connectivity index (χ0) is 20.5. The second kappa shape index (κ2) is 7.41. The molecule has 0 aliphatic heterocycles. The summed E-state index contributed by atoms with van der Waals surface area (Å²) in [5, 5.41) is 19.9. The largest absolute Gasteiger partial charge is 0.321 e. The Morgan fingerprint density at radius 3 is 2.73 bits per heavy atom. The predicted octanol–water partition coefficient (Wildman–Crippen LogP) is 3.27. The van der Waals surface area contributed by atoms with Gasteiger partial charge in [0.05, 0.1) is 11.4 Å². The van der Waals surface area contributed by atoms with Crippen LogP contribution in [0.25, 0.3) is 28.3 Å². The fraction of sp³-hybridized carbons (Fsp3) is 0.0500. The van der Waals surface area contributed by atoms with E-state index < -0.39 is 0 Å². The summed E-state index contributed by atoms with van der Waals surface area (Å²) in [6.45, 7) is 1.76. The van der Waals surface area contributed by atoms with E-state index >= 15 is 0 Å². The van der Waals surface area contributed by atoms with E-state index in [1.54, 1.807) is 23.8 Å². The van der Waals surface area contributed by atoms with E-state index in [2.05, 4.69) is 30.1 Å². The zero-order valence-corrected chi connectivity index (χ0v) is 16.5. The first-order valence-electron chi connectivity index (χ1n) is 9.02. The van der Waals surface area contributed by atoms with E-state index in [4.69, 9.17) is 5.10 Å². The number of nitrogens with one attached hydrogen (secondary N) is 1. The van der Waals surface area contributed by atoms with Crippen molar-refractivity contribution in [1.82, 2.24) is 34.4 Å². The van der Waals surface area contributed by atoms with Gasteiger partial charge in [-0.2, -0.15) is 9.61 Å². The molecule has 1 amide bonds. The summed E-state index contributed by atoms with van der Waals surface area (Å²) in [6, 6.07) is 15.0. The van der Waals surface area contributed by atoms with Crippen LogP contribution in [-0.2, 0) is 0 Å². The molecule has 0 spiro atoms. The number of pyridine rings is 1. The third kappa shape index (κ3) is 3.29. The van der Waals surface area contributed by atoms with Crippen LogP contribution in [-0.4, -0.2) is 40.3 Å². The second-order valence-corrected chi connectivity index (χ2v) is 7.23. The highest BCUT2D eigenvalue weighted by atomic mass is 32.1. The molecule has 1 N–H and O–H groups in total. The molecule has 4 aromatic heterocycles. The molecule has 0 unspecified atom stereocenters. The van der Waals surface area contributed by atoms with Gasteiger partial charge in [0.15, 0.2) is 11.5 Å². The number of anilines is 1. The fourth-order valence-corrected chi connectivity index (χ4v) is 3.55. The smallest absolute Gasteiger partial charge is 0.269 e. The van der Waals surface area contributed by atoms with Crippen molar-refractivity contribution in [2.75, 3.05) is 5.32 Å². The van der Waals surface area contributed by atoms with Gasteiger partial charge in [-0.25, -0.2) is 0 Å². The average Bonchev–Trinajstić information content (AvgIpc) is 3.40. The van der Waals surface area contributed by atoms with E-state index in [-0.39, 0.29) is 5.91 Å². The van der Waals surface area contributed by atoms with Crippen molar-refractivity contribution in [3.05, 3.63) is 71.5 Å². The molecule has 0 aliphatic rings. The highest BCUT2D eigenvalue weighted by molar-refractivity contribution is 7.08. The van der Waals surface area contributed by atoms with Gasteiger partial charge in [-0.3, -0.25) is 9.78 Å². The molecule has 5 rings (SSSR count). The van der Waals surface area contributed by atoms with Crippen LogP contribution in [0.1, 0.15) is 15.4 Å². The number of amides is 1. The van der Waals surface area contributed by atoms with Gasteiger partial charge >= 0.3 is 0 Å². The minimum atomic E-state index is -0.235. The van der Waals surface area contributed by atoms with Gasteiger partial charge in [0, 0.05) is 29.2 Å². The number of carbonyl (C=O) groups excluding carboxylic acids is 1. The van der Waals surface area contributed by atoms with Crippen LogP contribution >= 0.6 is 11.5 Å². The predicted molar refractivity (Wildman–Crippen MR) is 112 cm³/mol. The first-order chi connectivity index (χ1) is 14.7. The number of hydrogen-bond donors (Lipinski definition) is 1. The van der Waals surface area contributed by atoms with Crippen molar-refractivity contribution in [2.24, 2.45) is 0 Å². The number of hydrogen-bond acceptors (Lipinski definition) is 8. The van der Waals surface area contributed by atoms with E-state index in [9.17, 15) is 4.79 Å². The molecule has 0 saturated heterocycles. The van der Waals surface area contributed by atoms with Gasteiger partial charge in [0.25, 0.3) is 5.91 Å². The van der Waals surface area contributed by atoms with Gasteiger partial charge in [-0.05, 0) is 54.9 Å². The number of aromatic nitrogens is 7. The lowest BCUT2D eigenvalue weighted by Gasteiger charge is -2.07. The lowest BCUT2D eigenvalue weighted by atomic mass is 10.1. The Bertz CT molecular complexity index is 1360. The summed E-state index contributed by atoms with van der Waals surface area (Å²) < 4.78 is 5.49. The molecule has 4 heterocycles. The average molecular weight is 414 g/mol. The fourth-order valence-electron chi connectivity index (χ4n) is 3.00. The molecule has 10 heteroatoms. The Labute approximate surface area is 174 Å². The van der Waals surface area contributed by atoms with Gasteiger partial charge < -0.3 is 5.32 Å². The van der Waals surface area contributed by atoms with Crippen molar-refractivity contribution >= 4 is 28.8 Å². The second-order valence-electron chi connectivity index (χ2n) is 6.48. The molecule has 0 atom stereocenters. The number of carbonyl (C=O) groups is 1. The molecule has 0 saturated carbocycles. The van der Waals surface area contributed by atoms with Crippen LogP contribution in [0.4, 0.5) is 5.69 Å². The summed E-state index contributed by atoms with van der Waals surface area (Å²) >= 11 is 1.07. The standard InChI is InChI=1S/C20H14N8OS/c1-12-18(30-27-23-12)20(29)22-15-6-2-4-13(10-15)16-7-8-17-24-25-19(28(17)26-16)14-5-3-9-21-11-14/h2-11H,1H3,(H,22,29). The maximum Gasteiger partial charge on any atom is 0.269 e.